The first-order valence-electron chi connectivity index (χ1n) is 5.91. The molecule has 0 aromatic heterocycles. The van der Waals surface area contributed by atoms with Gasteiger partial charge in [-0.25, -0.2) is 8.42 Å². The van der Waals surface area contributed by atoms with E-state index < -0.39 is 10.0 Å². The van der Waals surface area contributed by atoms with E-state index in [0.29, 0.717) is 0 Å². The van der Waals surface area contributed by atoms with Gasteiger partial charge in [-0.05, 0) is 12.1 Å². The Hall–Kier alpha value is -1.15. The van der Waals surface area contributed by atoms with Crippen molar-refractivity contribution < 1.29 is 17.9 Å². The molecule has 2 N–H and O–H groups in total. The van der Waals surface area contributed by atoms with E-state index in [4.69, 9.17) is 15.2 Å². The first-order valence-corrected chi connectivity index (χ1v) is 7.35. The molecule has 0 spiro atoms. The molecule has 19 heavy (non-hydrogen) atoms. The van der Waals surface area contributed by atoms with Gasteiger partial charge < -0.3 is 15.2 Å². The molecule has 0 radical (unpaired) electrons. The van der Waals surface area contributed by atoms with Crippen LogP contribution in [0.3, 0.4) is 0 Å². The lowest BCUT2D eigenvalue weighted by Gasteiger charge is -2.17. The van der Waals surface area contributed by atoms with Gasteiger partial charge in [0, 0.05) is 27.3 Å². The van der Waals surface area contributed by atoms with Crippen molar-refractivity contribution in [1.29, 1.82) is 0 Å². The zero-order chi connectivity index (χ0) is 14.0. The van der Waals surface area contributed by atoms with E-state index in [1.165, 1.54) is 10.4 Å². The van der Waals surface area contributed by atoms with Crippen molar-refractivity contribution >= 4 is 15.7 Å². The molecule has 0 bridgehead atoms. The lowest BCUT2D eigenvalue weighted by Crippen LogP contribution is -2.30. The molecule has 7 heteroatoms. The van der Waals surface area contributed by atoms with Crippen molar-refractivity contribution in [3.63, 3.8) is 0 Å². The average molecular weight is 286 g/mol. The fourth-order valence-electron chi connectivity index (χ4n) is 2.21. The Morgan fingerprint density at radius 2 is 1.68 bits per heavy atom. The lowest BCUT2D eigenvalue weighted by molar-refractivity contribution is -0.00461. The maximum Gasteiger partial charge on any atom is 0.245 e. The zero-order valence-electron chi connectivity index (χ0n) is 10.9. The molecule has 6 nitrogen and oxygen atoms in total. The van der Waals surface area contributed by atoms with Crippen LogP contribution in [0, 0.1) is 0 Å². The van der Waals surface area contributed by atoms with Gasteiger partial charge >= 0.3 is 0 Å². The summed E-state index contributed by atoms with van der Waals surface area (Å²) in [4.78, 5) is 0.126. The molecule has 1 fully saturated rings. The Kier molecular flexibility index (Phi) is 4.10. The standard InChI is InChI=1S/C12H18N2O4S/c1-17-10-7-14(8-11(10)18-2)19(15,16)12-6-4-3-5-9(12)13/h3-6,10-11H,7-8,13H2,1-2H3. The minimum atomic E-state index is -3.61. The van der Waals surface area contributed by atoms with Crippen LogP contribution in [-0.4, -0.2) is 52.2 Å². The SMILES string of the molecule is COC1CN(S(=O)(=O)c2ccccc2N)CC1OC. The monoisotopic (exact) mass is 286 g/mol. The predicted octanol–water partition coefficient (Wildman–Crippen LogP) is 0.303. The third-order valence-electron chi connectivity index (χ3n) is 3.32. The summed E-state index contributed by atoms with van der Waals surface area (Å²) >= 11 is 0. The number of anilines is 1. The lowest BCUT2D eigenvalue weighted by atomic mass is 10.3. The fourth-order valence-corrected chi connectivity index (χ4v) is 3.80. The number of nitrogens with zero attached hydrogens (tertiary/aromatic N) is 1. The number of ether oxygens (including phenoxy) is 2. The summed E-state index contributed by atoms with van der Waals surface area (Å²) in [7, 11) is -0.516. The average Bonchev–Trinajstić information content (AvgIpc) is 2.83. The van der Waals surface area contributed by atoms with E-state index >= 15 is 0 Å². The molecule has 1 aromatic rings. The van der Waals surface area contributed by atoms with Gasteiger partial charge in [-0.2, -0.15) is 4.31 Å². The highest BCUT2D eigenvalue weighted by molar-refractivity contribution is 7.89. The van der Waals surface area contributed by atoms with Crippen LogP contribution in [-0.2, 0) is 19.5 Å². The van der Waals surface area contributed by atoms with Crippen molar-refractivity contribution in [3.8, 4) is 0 Å². The molecular weight excluding hydrogens is 268 g/mol. The van der Waals surface area contributed by atoms with Gasteiger partial charge in [-0.15, -0.1) is 0 Å². The summed E-state index contributed by atoms with van der Waals surface area (Å²) in [6, 6.07) is 6.44. The van der Waals surface area contributed by atoms with Crippen molar-refractivity contribution in [2.24, 2.45) is 0 Å². The number of nitrogen functional groups attached to an aromatic ring is 1. The van der Waals surface area contributed by atoms with Crippen LogP contribution in [0.4, 0.5) is 5.69 Å². The van der Waals surface area contributed by atoms with E-state index in [-0.39, 0.29) is 35.9 Å². The van der Waals surface area contributed by atoms with Crippen LogP contribution < -0.4 is 5.73 Å². The maximum absolute atomic E-state index is 12.5. The van der Waals surface area contributed by atoms with Crippen LogP contribution >= 0.6 is 0 Å². The number of para-hydroxylation sites is 1. The van der Waals surface area contributed by atoms with Crippen molar-refractivity contribution in [2.45, 2.75) is 17.1 Å². The molecular formula is C12H18N2O4S. The minimum Gasteiger partial charge on any atom is -0.398 e. The van der Waals surface area contributed by atoms with E-state index in [1.807, 2.05) is 0 Å². The van der Waals surface area contributed by atoms with Gasteiger partial charge in [0.2, 0.25) is 10.0 Å². The Balaban J connectivity index is 2.30. The molecule has 1 saturated heterocycles. The second-order valence-electron chi connectivity index (χ2n) is 4.41. The summed E-state index contributed by atoms with van der Waals surface area (Å²) in [6.07, 6.45) is -0.519. The highest BCUT2D eigenvalue weighted by atomic mass is 32.2. The van der Waals surface area contributed by atoms with Gasteiger partial charge in [0.1, 0.15) is 4.90 Å². The second-order valence-corrected chi connectivity index (χ2v) is 6.31. The first kappa shape index (κ1) is 14.3. The van der Waals surface area contributed by atoms with Crippen LogP contribution in [0.25, 0.3) is 0 Å². The summed E-state index contributed by atoms with van der Waals surface area (Å²) in [5.41, 5.74) is 5.99. The van der Waals surface area contributed by atoms with Crippen molar-refractivity contribution in [2.75, 3.05) is 33.0 Å². The topological polar surface area (TPSA) is 81.9 Å². The molecule has 0 amide bonds. The minimum absolute atomic E-state index is 0.126. The maximum atomic E-state index is 12.5. The van der Waals surface area contributed by atoms with E-state index in [0.717, 1.165) is 0 Å². The Bertz CT molecular complexity index is 534. The van der Waals surface area contributed by atoms with Gasteiger partial charge in [0.15, 0.2) is 0 Å². The third kappa shape index (κ3) is 2.59. The summed E-state index contributed by atoms with van der Waals surface area (Å²) in [5.74, 6) is 0. The molecule has 1 aliphatic rings. The number of nitrogens with two attached hydrogens (primary N) is 1. The Morgan fingerprint density at radius 1 is 1.16 bits per heavy atom. The van der Waals surface area contributed by atoms with Gasteiger partial charge in [-0.3, -0.25) is 0 Å². The summed E-state index contributed by atoms with van der Waals surface area (Å²) < 4.78 is 36.9. The largest absolute Gasteiger partial charge is 0.398 e. The highest BCUT2D eigenvalue weighted by Crippen LogP contribution is 2.26. The van der Waals surface area contributed by atoms with Gasteiger partial charge in [-0.1, -0.05) is 12.1 Å². The number of methoxy groups -OCH3 is 2. The summed E-state index contributed by atoms with van der Waals surface area (Å²) in [6.45, 7) is 0.539. The Morgan fingerprint density at radius 3 is 2.16 bits per heavy atom. The number of hydrogen-bond donors (Lipinski definition) is 1. The quantitative estimate of drug-likeness (QED) is 0.805. The summed E-state index contributed by atoms with van der Waals surface area (Å²) in [5, 5.41) is 0. The molecule has 1 heterocycles. The molecule has 2 atom stereocenters. The molecule has 0 saturated carbocycles. The number of rotatable bonds is 4. The molecule has 2 rings (SSSR count). The fraction of sp³-hybridized carbons (Fsp3) is 0.500. The molecule has 2 unspecified atom stereocenters. The smallest absolute Gasteiger partial charge is 0.245 e. The molecule has 1 aromatic carbocycles. The molecule has 106 valence electrons. The third-order valence-corrected chi connectivity index (χ3v) is 5.23. The van der Waals surface area contributed by atoms with Crippen LogP contribution in [0.5, 0.6) is 0 Å². The molecule has 0 aliphatic carbocycles. The van der Waals surface area contributed by atoms with Crippen molar-refractivity contribution in [1.82, 2.24) is 4.31 Å². The van der Waals surface area contributed by atoms with Crippen molar-refractivity contribution in [3.05, 3.63) is 24.3 Å². The van der Waals surface area contributed by atoms with Crippen LogP contribution in [0.2, 0.25) is 0 Å². The van der Waals surface area contributed by atoms with Gasteiger partial charge in [0.05, 0.1) is 17.9 Å². The predicted molar refractivity (Wildman–Crippen MR) is 71.2 cm³/mol. The normalized spacial score (nSPS) is 24.7. The first-order chi connectivity index (χ1) is 9.00. The number of benzene rings is 1. The van der Waals surface area contributed by atoms with E-state index in [2.05, 4.69) is 0 Å². The van der Waals surface area contributed by atoms with E-state index in [1.54, 1.807) is 32.4 Å². The number of hydrogen-bond acceptors (Lipinski definition) is 5. The number of sulfonamides is 1. The van der Waals surface area contributed by atoms with E-state index in [9.17, 15) is 8.42 Å². The highest BCUT2D eigenvalue weighted by Gasteiger charge is 2.40. The second kappa shape index (κ2) is 5.46. The van der Waals surface area contributed by atoms with Crippen LogP contribution in [0.1, 0.15) is 0 Å². The van der Waals surface area contributed by atoms with Gasteiger partial charge in [0.25, 0.3) is 0 Å². The molecule has 1 aliphatic heterocycles. The zero-order valence-corrected chi connectivity index (χ0v) is 11.8. The van der Waals surface area contributed by atoms with Crippen LogP contribution in [0.15, 0.2) is 29.2 Å². The Labute approximate surface area is 113 Å².